The van der Waals surface area contributed by atoms with Crippen molar-refractivity contribution >= 4 is 5.91 Å². The van der Waals surface area contributed by atoms with E-state index in [1.54, 1.807) is 0 Å². The van der Waals surface area contributed by atoms with Crippen LogP contribution in [-0.2, 0) is 4.79 Å². The second-order valence-electron chi connectivity index (χ2n) is 6.11. The number of carbonyl (C=O) groups excluding carboxylic acids is 1. The van der Waals surface area contributed by atoms with Crippen LogP contribution < -0.4 is 5.32 Å². The molecular weight excluding hydrogens is 212 g/mol. The molecule has 0 bridgehead atoms. The van der Waals surface area contributed by atoms with Crippen LogP contribution in [0.1, 0.15) is 53.4 Å². The van der Waals surface area contributed by atoms with Crippen LogP contribution in [0.15, 0.2) is 0 Å². The van der Waals surface area contributed by atoms with Crippen LogP contribution in [0.25, 0.3) is 0 Å². The minimum absolute atomic E-state index is 0.324. The molecule has 0 aromatic carbocycles. The van der Waals surface area contributed by atoms with Crippen molar-refractivity contribution in [2.24, 2.45) is 5.41 Å². The molecule has 1 unspecified atom stereocenters. The number of carbonyl (C=O) groups is 1. The molecule has 1 heterocycles. The summed E-state index contributed by atoms with van der Waals surface area (Å²) in [5, 5.41) is 3.45. The lowest BCUT2D eigenvalue weighted by Gasteiger charge is -2.26. The Kier molecular flexibility index (Phi) is 5.44. The van der Waals surface area contributed by atoms with Gasteiger partial charge < -0.3 is 10.2 Å². The van der Waals surface area contributed by atoms with Gasteiger partial charge in [0.2, 0.25) is 5.91 Å². The van der Waals surface area contributed by atoms with Crippen LogP contribution in [0.2, 0.25) is 0 Å². The standard InChI is InChI=1S/C14H28N2O/c1-5-9-15-12(2)11-16-10-8-14(3,4)7-6-13(16)17/h12,15H,5-11H2,1-4H3. The largest absolute Gasteiger partial charge is 0.341 e. The lowest BCUT2D eigenvalue weighted by Crippen LogP contribution is -2.42. The molecule has 1 N–H and O–H groups in total. The van der Waals surface area contributed by atoms with Crippen LogP contribution in [-0.4, -0.2) is 36.5 Å². The fraction of sp³-hybridized carbons (Fsp3) is 0.929. The fourth-order valence-corrected chi connectivity index (χ4v) is 2.27. The van der Waals surface area contributed by atoms with Gasteiger partial charge in [-0.05, 0) is 38.1 Å². The molecule has 17 heavy (non-hydrogen) atoms. The van der Waals surface area contributed by atoms with E-state index in [9.17, 15) is 4.79 Å². The van der Waals surface area contributed by atoms with E-state index in [2.05, 4.69) is 33.0 Å². The van der Waals surface area contributed by atoms with E-state index in [0.29, 0.717) is 23.8 Å². The van der Waals surface area contributed by atoms with E-state index in [1.165, 1.54) is 0 Å². The third kappa shape index (κ3) is 5.07. The van der Waals surface area contributed by atoms with Gasteiger partial charge in [0.1, 0.15) is 0 Å². The maximum absolute atomic E-state index is 12.0. The Balaban J connectivity index is 2.44. The lowest BCUT2D eigenvalue weighted by atomic mass is 9.85. The Hall–Kier alpha value is -0.570. The zero-order chi connectivity index (χ0) is 12.9. The van der Waals surface area contributed by atoms with Gasteiger partial charge in [0, 0.05) is 25.6 Å². The Morgan fingerprint density at radius 2 is 2.12 bits per heavy atom. The van der Waals surface area contributed by atoms with E-state index in [-0.39, 0.29) is 0 Å². The van der Waals surface area contributed by atoms with Crippen LogP contribution in [0, 0.1) is 5.41 Å². The number of hydrogen-bond donors (Lipinski definition) is 1. The molecule has 3 heteroatoms. The first kappa shape index (κ1) is 14.5. The molecule has 0 radical (unpaired) electrons. The summed E-state index contributed by atoms with van der Waals surface area (Å²) in [6.07, 6.45) is 4.01. The van der Waals surface area contributed by atoms with Gasteiger partial charge in [-0.15, -0.1) is 0 Å². The highest BCUT2D eigenvalue weighted by Gasteiger charge is 2.27. The minimum atomic E-state index is 0.324. The number of nitrogens with one attached hydrogen (secondary N) is 1. The first-order chi connectivity index (χ1) is 7.94. The second kappa shape index (κ2) is 6.39. The van der Waals surface area contributed by atoms with Crippen LogP contribution >= 0.6 is 0 Å². The summed E-state index contributed by atoms with van der Waals surface area (Å²) >= 11 is 0. The summed E-state index contributed by atoms with van der Waals surface area (Å²) in [6.45, 7) is 11.7. The number of amides is 1. The van der Waals surface area contributed by atoms with Gasteiger partial charge in [0.25, 0.3) is 0 Å². The summed E-state index contributed by atoms with van der Waals surface area (Å²) in [6, 6.07) is 0.403. The van der Waals surface area contributed by atoms with Gasteiger partial charge in [-0.1, -0.05) is 20.8 Å². The smallest absolute Gasteiger partial charge is 0.222 e. The highest BCUT2D eigenvalue weighted by molar-refractivity contribution is 5.76. The first-order valence-electron chi connectivity index (χ1n) is 6.96. The van der Waals surface area contributed by atoms with Crippen LogP contribution in [0.5, 0.6) is 0 Å². The van der Waals surface area contributed by atoms with Crippen molar-refractivity contribution in [1.82, 2.24) is 10.2 Å². The number of likely N-dealkylation sites (tertiary alicyclic amines) is 1. The average Bonchev–Trinajstić information content (AvgIpc) is 2.39. The molecule has 1 rings (SSSR count). The number of hydrogen-bond acceptors (Lipinski definition) is 2. The third-order valence-electron chi connectivity index (χ3n) is 3.66. The molecular formula is C14H28N2O. The molecule has 1 saturated heterocycles. The summed E-state index contributed by atoms with van der Waals surface area (Å²) in [4.78, 5) is 14.1. The maximum Gasteiger partial charge on any atom is 0.222 e. The summed E-state index contributed by atoms with van der Waals surface area (Å²) < 4.78 is 0. The van der Waals surface area contributed by atoms with Crippen LogP contribution in [0.4, 0.5) is 0 Å². The summed E-state index contributed by atoms with van der Waals surface area (Å²) in [5.74, 6) is 0.334. The topological polar surface area (TPSA) is 32.3 Å². The molecule has 0 aliphatic carbocycles. The molecule has 0 saturated carbocycles. The highest BCUT2D eigenvalue weighted by atomic mass is 16.2. The molecule has 3 nitrogen and oxygen atoms in total. The fourth-order valence-electron chi connectivity index (χ4n) is 2.27. The van der Waals surface area contributed by atoms with E-state index in [4.69, 9.17) is 0 Å². The Bertz CT molecular complexity index is 251. The molecule has 0 aromatic rings. The third-order valence-corrected chi connectivity index (χ3v) is 3.66. The molecule has 1 fully saturated rings. The zero-order valence-electron chi connectivity index (χ0n) is 11.9. The van der Waals surface area contributed by atoms with Gasteiger partial charge in [0.05, 0.1) is 0 Å². The molecule has 100 valence electrons. The van der Waals surface area contributed by atoms with Crippen molar-refractivity contribution in [1.29, 1.82) is 0 Å². The maximum atomic E-state index is 12.0. The Labute approximate surface area is 106 Å². The normalized spacial score (nSPS) is 22.4. The molecule has 1 aliphatic rings. The van der Waals surface area contributed by atoms with Gasteiger partial charge >= 0.3 is 0 Å². The lowest BCUT2D eigenvalue weighted by molar-refractivity contribution is -0.131. The minimum Gasteiger partial charge on any atom is -0.341 e. The van der Waals surface area contributed by atoms with E-state index in [1.807, 2.05) is 4.90 Å². The van der Waals surface area contributed by atoms with Crippen molar-refractivity contribution in [3.05, 3.63) is 0 Å². The van der Waals surface area contributed by atoms with E-state index < -0.39 is 0 Å². The molecule has 0 aromatic heterocycles. The van der Waals surface area contributed by atoms with Gasteiger partial charge in [-0.2, -0.15) is 0 Å². The van der Waals surface area contributed by atoms with Gasteiger partial charge in [-0.25, -0.2) is 0 Å². The zero-order valence-corrected chi connectivity index (χ0v) is 11.9. The summed E-state index contributed by atoms with van der Waals surface area (Å²) in [5.41, 5.74) is 0.324. The predicted octanol–water partition coefficient (Wildman–Crippen LogP) is 2.41. The van der Waals surface area contributed by atoms with E-state index >= 15 is 0 Å². The van der Waals surface area contributed by atoms with Crippen molar-refractivity contribution < 1.29 is 4.79 Å². The predicted molar refractivity (Wildman–Crippen MR) is 72.0 cm³/mol. The van der Waals surface area contributed by atoms with Gasteiger partial charge in [-0.3, -0.25) is 4.79 Å². The SMILES string of the molecule is CCCNC(C)CN1CCC(C)(C)CCC1=O. The second-order valence-corrected chi connectivity index (χ2v) is 6.11. The molecule has 0 spiro atoms. The van der Waals surface area contributed by atoms with Crippen LogP contribution in [0.3, 0.4) is 0 Å². The van der Waals surface area contributed by atoms with E-state index in [0.717, 1.165) is 38.9 Å². The quantitative estimate of drug-likeness (QED) is 0.800. The summed E-state index contributed by atoms with van der Waals surface area (Å²) in [7, 11) is 0. The monoisotopic (exact) mass is 240 g/mol. The average molecular weight is 240 g/mol. The first-order valence-corrected chi connectivity index (χ1v) is 6.96. The van der Waals surface area contributed by atoms with Crippen molar-refractivity contribution in [2.45, 2.75) is 59.4 Å². The Morgan fingerprint density at radius 3 is 2.76 bits per heavy atom. The van der Waals surface area contributed by atoms with Gasteiger partial charge in [0.15, 0.2) is 0 Å². The molecule has 1 atom stereocenters. The van der Waals surface area contributed by atoms with Crippen molar-refractivity contribution in [3.8, 4) is 0 Å². The van der Waals surface area contributed by atoms with Crippen molar-refractivity contribution in [2.75, 3.05) is 19.6 Å². The van der Waals surface area contributed by atoms with Crippen molar-refractivity contribution in [3.63, 3.8) is 0 Å². The molecule has 1 aliphatic heterocycles. The number of nitrogens with zero attached hydrogens (tertiary/aromatic N) is 1. The Morgan fingerprint density at radius 1 is 1.41 bits per heavy atom. The number of rotatable bonds is 5. The molecule has 1 amide bonds. The highest BCUT2D eigenvalue weighted by Crippen LogP contribution is 2.30.